The normalized spacial score (nSPS) is 18.0. The number of benzene rings is 2. The fourth-order valence-corrected chi connectivity index (χ4v) is 4.40. The molecule has 1 aliphatic carbocycles. The van der Waals surface area contributed by atoms with E-state index in [0.29, 0.717) is 0 Å². The molecule has 1 N–H and O–H groups in total. The van der Waals surface area contributed by atoms with Crippen LogP contribution in [0.5, 0.6) is 0 Å². The van der Waals surface area contributed by atoms with Crippen LogP contribution in [0, 0.1) is 32.6 Å². The third-order valence-corrected chi connectivity index (χ3v) is 6.71. The summed E-state index contributed by atoms with van der Waals surface area (Å²) in [6, 6.07) is 12.0. The number of anilines is 1. The molecule has 3 nitrogen and oxygen atoms in total. The summed E-state index contributed by atoms with van der Waals surface area (Å²) in [4.78, 5) is 23.4. The molecule has 0 aromatic heterocycles. The molecule has 3 heteroatoms. The van der Waals surface area contributed by atoms with Crippen LogP contribution < -0.4 is 5.32 Å². The van der Waals surface area contributed by atoms with Gasteiger partial charge in [0, 0.05) is 17.2 Å². The molecule has 0 radical (unpaired) electrons. The van der Waals surface area contributed by atoms with E-state index in [2.05, 4.69) is 45.1 Å². The molecule has 0 unspecified atom stereocenters. The van der Waals surface area contributed by atoms with Gasteiger partial charge in [-0.05, 0) is 100 Å². The Balaban J connectivity index is 0.000000245. The minimum Gasteiger partial charge on any atom is -0.326 e. The van der Waals surface area contributed by atoms with Gasteiger partial charge >= 0.3 is 0 Å². The molecule has 0 aliphatic heterocycles. The highest BCUT2D eigenvalue weighted by Crippen LogP contribution is 2.31. The lowest BCUT2D eigenvalue weighted by Crippen LogP contribution is -2.27. The van der Waals surface area contributed by atoms with Crippen molar-refractivity contribution in [2.24, 2.45) is 11.8 Å². The summed E-state index contributed by atoms with van der Waals surface area (Å²) >= 11 is 0. The van der Waals surface area contributed by atoms with Gasteiger partial charge in [0.15, 0.2) is 5.78 Å². The van der Waals surface area contributed by atoms with Crippen molar-refractivity contribution in [2.75, 3.05) is 5.32 Å². The molecule has 0 spiro atoms. The third-order valence-electron chi connectivity index (χ3n) is 6.71. The highest BCUT2D eigenvalue weighted by molar-refractivity contribution is 5.95. The number of carbonyl (C=O) groups is 2. The molecule has 1 fully saturated rings. The van der Waals surface area contributed by atoms with Gasteiger partial charge in [0.05, 0.1) is 0 Å². The van der Waals surface area contributed by atoms with Gasteiger partial charge in [-0.3, -0.25) is 9.59 Å². The lowest BCUT2D eigenvalue weighted by molar-refractivity contribution is -0.121. The number of hydrogen-bond acceptors (Lipinski definition) is 2. The van der Waals surface area contributed by atoms with Crippen molar-refractivity contribution in [1.29, 1.82) is 0 Å². The number of amides is 1. The fraction of sp³-hybridized carbons (Fsp3) is 0.500. The second kappa shape index (κ2) is 11.8. The molecule has 31 heavy (non-hydrogen) atoms. The SMILES string of the molecule is CCC1CCC(C(=O)Nc2ccc(C)c(C)c2)CC1.CCc1c(C)cccc1C(C)=O. The maximum atomic E-state index is 12.2. The van der Waals surface area contributed by atoms with E-state index in [9.17, 15) is 9.59 Å². The van der Waals surface area contributed by atoms with E-state index in [1.54, 1.807) is 6.92 Å². The topological polar surface area (TPSA) is 46.2 Å². The van der Waals surface area contributed by atoms with Crippen LogP contribution in [0.25, 0.3) is 0 Å². The van der Waals surface area contributed by atoms with Gasteiger partial charge in [-0.25, -0.2) is 0 Å². The van der Waals surface area contributed by atoms with E-state index in [4.69, 9.17) is 0 Å². The Bertz CT molecular complexity index is 892. The van der Waals surface area contributed by atoms with Crippen molar-refractivity contribution in [3.05, 3.63) is 64.2 Å². The van der Waals surface area contributed by atoms with Crippen molar-refractivity contribution in [3.8, 4) is 0 Å². The zero-order chi connectivity index (χ0) is 23.0. The van der Waals surface area contributed by atoms with Crippen LogP contribution in [0.15, 0.2) is 36.4 Å². The van der Waals surface area contributed by atoms with E-state index in [-0.39, 0.29) is 17.6 Å². The minimum absolute atomic E-state index is 0.163. The molecule has 3 rings (SSSR count). The molecule has 0 heterocycles. The average Bonchev–Trinajstić information content (AvgIpc) is 2.76. The average molecular weight is 422 g/mol. The molecule has 2 aromatic carbocycles. The standard InChI is InChI=1S/C17H25NO.C11H14O/c1-4-14-6-8-15(9-7-14)17(19)18-16-10-5-12(2)13(3)11-16;1-4-10-8(2)6-5-7-11(10)9(3)12/h5,10-11,14-15H,4,6-9H2,1-3H3,(H,18,19);5-7H,4H2,1-3H3. The van der Waals surface area contributed by atoms with E-state index >= 15 is 0 Å². The van der Waals surface area contributed by atoms with Crippen LogP contribution >= 0.6 is 0 Å². The Morgan fingerprint density at radius 3 is 2.10 bits per heavy atom. The van der Waals surface area contributed by atoms with Gasteiger partial charge in [0.25, 0.3) is 0 Å². The fourth-order valence-electron chi connectivity index (χ4n) is 4.40. The Labute approximate surface area is 188 Å². The number of nitrogens with one attached hydrogen (secondary N) is 1. The van der Waals surface area contributed by atoms with Gasteiger partial charge in [-0.15, -0.1) is 0 Å². The molecule has 2 aromatic rings. The van der Waals surface area contributed by atoms with Crippen LogP contribution in [-0.4, -0.2) is 11.7 Å². The summed E-state index contributed by atoms with van der Waals surface area (Å²) in [5.41, 5.74) is 6.70. The number of rotatable bonds is 5. The van der Waals surface area contributed by atoms with Crippen LogP contribution in [0.1, 0.15) is 85.5 Å². The number of Topliss-reactive ketones (excluding diaryl/α,β-unsaturated/α-hetero) is 1. The lowest BCUT2D eigenvalue weighted by Gasteiger charge is -2.27. The highest BCUT2D eigenvalue weighted by atomic mass is 16.2. The lowest BCUT2D eigenvalue weighted by atomic mass is 9.80. The first-order chi connectivity index (χ1) is 14.8. The first-order valence-electron chi connectivity index (χ1n) is 11.7. The Morgan fingerprint density at radius 2 is 1.58 bits per heavy atom. The van der Waals surface area contributed by atoms with Gasteiger partial charge in [-0.2, -0.15) is 0 Å². The minimum atomic E-state index is 0.163. The summed E-state index contributed by atoms with van der Waals surface area (Å²) in [6.45, 7) is 12.2. The van der Waals surface area contributed by atoms with Gasteiger partial charge in [-0.1, -0.05) is 44.5 Å². The highest BCUT2D eigenvalue weighted by Gasteiger charge is 2.25. The zero-order valence-electron chi connectivity index (χ0n) is 20.2. The maximum Gasteiger partial charge on any atom is 0.227 e. The van der Waals surface area contributed by atoms with Crippen LogP contribution in [0.3, 0.4) is 0 Å². The molecule has 1 aliphatic rings. The van der Waals surface area contributed by atoms with Crippen molar-refractivity contribution in [3.63, 3.8) is 0 Å². The summed E-state index contributed by atoms with van der Waals surface area (Å²) in [5, 5.41) is 3.07. The molecule has 1 saturated carbocycles. The largest absolute Gasteiger partial charge is 0.326 e. The summed E-state index contributed by atoms with van der Waals surface area (Å²) in [5.74, 6) is 1.42. The third kappa shape index (κ3) is 7.05. The predicted molar refractivity (Wildman–Crippen MR) is 131 cm³/mol. The quantitative estimate of drug-likeness (QED) is 0.518. The van der Waals surface area contributed by atoms with Crippen LogP contribution in [-0.2, 0) is 11.2 Å². The smallest absolute Gasteiger partial charge is 0.227 e. The summed E-state index contributed by atoms with van der Waals surface area (Å²) < 4.78 is 0. The molecule has 0 saturated heterocycles. The summed E-state index contributed by atoms with van der Waals surface area (Å²) in [6.07, 6.45) is 6.71. The molecule has 0 bridgehead atoms. The van der Waals surface area contributed by atoms with E-state index < -0.39 is 0 Å². The first kappa shape index (κ1) is 24.8. The van der Waals surface area contributed by atoms with Gasteiger partial charge < -0.3 is 5.32 Å². The molecule has 1 amide bonds. The molecular weight excluding hydrogens is 382 g/mol. The zero-order valence-corrected chi connectivity index (χ0v) is 20.2. The predicted octanol–water partition coefficient (Wildman–Crippen LogP) is 7.22. The van der Waals surface area contributed by atoms with E-state index in [1.165, 1.54) is 41.5 Å². The second-order valence-corrected chi connectivity index (χ2v) is 8.92. The molecule has 168 valence electrons. The Morgan fingerprint density at radius 1 is 0.903 bits per heavy atom. The molecular formula is C28H39NO2. The number of carbonyl (C=O) groups excluding carboxylic acids is 2. The maximum absolute atomic E-state index is 12.2. The van der Waals surface area contributed by atoms with Crippen LogP contribution in [0.2, 0.25) is 0 Å². The summed E-state index contributed by atoms with van der Waals surface area (Å²) in [7, 11) is 0. The Hall–Kier alpha value is -2.42. The Kier molecular flexibility index (Phi) is 9.48. The van der Waals surface area contributed by atoms with Crippen molar-refractivity contribution in [1.82, 2.24) is 0 Å². The monoisotopic (exact) mass is 421 g/mol. The van der Waals surface area contributed by atoms with Crippen molar-refractivity contribution >= 4 is 17.4 Å². The number of ketones is 1. The van der Waals surface area contributed by atoms with Crippen LogP contribution in [0.4, 0.5) is 5.69 Å². The second-order valence-electron chi connectivity index (χ2n) is 8.92. The van der Waals surface area contributed by atoms with E-state index in [0.717, 1.165) is 36.4 Å². The van der Waals surface area contributed by atoms with Crippen molar-refractivity contribution < 1.29 is 9.59 Å². The van der Waals surface area contributed by atoms with Gasteiger partial charge in [0.2, 0.25) is 5.91 Å². The first-order valence-corrected chi connectivity index (χ1v) is 11.7. The molecule has 0 atom stereocenters. The van der Waals surface area contributed by atoms with E-state index in [1.807, 2.05) is 31.2 Å². The van der Waals surface area contributed by atoms with Gasteiger partial charge in [0.1, 0.15) is 0 Å². The number of aryl methyl sites for hydroxylation is 3. The number of hydrogen-bond donors (Lipinski definition) is 1. The van der Waals surface area contributed by atoms with Crippen molar-refractivity contribution in [2.45, 2.75) is 80.1 Å².